The van der Waals surface area contributed by atoms with Gasteiger partial charge in [0.15, 0.2) is 0 Å². The second-order valence-electron chi connectivity index (χ2n) is 7.68. The minimum Gasteiger partial charge on any atom is -0.506 e. The minimum absolute atomic E-state index is 0.0442. The van der Waals surface area contributed by atoms with Gasteiger partial charge in [0.2, 0.25) is 0 Å². The molecular weight excluding hydrogens is 391 g/mol. The Hall–Kier alpha value is -1.66. The highest BCUT2D eigenvalue weighted by molar-refractivity contribution is 6.36. The number of aromatic hydroxyl groups is 1. The molecule has 146 valence electrons. The van der Waals surface area contributed by atoms with Gasteiger partial charge >= 0.3 is 6.09 Å². The first kappa shape index (κ1) is 18.7. The predicted molar refractivity (Wildman–Crippen MR) is 101 cm³/mol. The topological polar surface area (TPSA) is 78.9 Å². The molecule has 1 aromatic carbocycles. The molecule has 1 aromatic rings. The van der Waals surface area contributed by atoms with Crippen LogP contribution in [0.2, 0.25) is 10.0 Å². The molecule has 27 heavy (non-hydrogen) atoms. The molecule has 0 radical (unpaired) electrons. The van der Waals surface area contributed by atoms with Gasteiger partial charge in [0, 0.05) is 23.7 Å². The first-order valence-electron chi connectivity index (χ1n) is 9.38. The summed E-state index contributed by atoms with van der Waals surface area (Å²) in [5.41, 5.74) is 0.0650. The van der Waals surface area contributed by atoms with E-state index in [4.69, 9.17) is 27.9 Å². The van der Waals surface area contributed by atoms with E-state index in [0.29, 0.717) is 13.0 Å². The van der Waals surface area contributed by atoms with E-state index >= 15 is 0 Å². The Labute approximate surface area is 167 Å². The quantitative estimate of drug-likeness (QED) is 0.786. The van der Waals surface area contributed by atoms with Crippen LogP contribution in [0.1, 0.15) is 48.9 Å². The van der Waals surface area contributed by atoms with E-state index in [1.165, 1.54) is 12.1 Å². The van der Waals surface area contributed by atoms with Gasteiger partial charge in [0.1, 0.15) is 11.9 Å². The lowest BCUT2D eigenvalue weighted by molar-refractivity contribution is -0.0175. The number of nitrogens with zero attached hydrogens (tertiary/aromatic N) is 1. The Morgan fingerprint density at radius 2 is 1.96 bits per heavy atom. The van der Waals surface area contributed by atoms with Crippen LogP contribution in [0, 0.1) is 5.92 Å². The lowest BCUT2D eigenvalue weighted by Gasteiger charge is -2.49. The predicted octanol–water partition coefficient (Wildman–Crippen LogP) is 3.97. The van der Waals surface area contributed by atoms with Crippen molar-refractivity contribution in [1.82, 2.24) is 10.2 Å². The highest BCUT2D eigenvalue weighted by atomic mass is 35.5. The molecule has 2 aliphatic heterocycles. The first-order valence-corrected chi connectivity index (χ1v) is 10.1. The molecule has 2 bridgehead atoms. The molecule has 3 atom stereocenters. The summed E-state index contributed by atoms with van der Waals surface area (Å²) in [6, 6.07) is 2.82. The zero-order valence-electron chi connectivity index (χ0n) is 14.8. The maximum atomic E-state index is 12.6. The smallest absolute Gasteiger partial charge is 0.410 e. The number of nitrogens with one attached hydrogen (secondary N) is 1. The summed E-state index contributed by atoms with van der Waals surface area (Å²) in [4.78, 5) is 26.9. The molecule has 4 fully saturated rings. The Bertz CT molecular complexity index is 768. The van der Waals surface area contributed by atoms with Crippen molar-refractivity contribution in [2.45, 2.75) is 56.7 Å². The van der Waals surface area contributed by atoms with Gasteiger partial charge < -0.3 is 20.1 Å². The van der Waals surface area contributed by atoms with E-state index < -0.39 is 5.91 Å². The fourth-order valence-electron chi connectivity index (χ4n) is 4.20. The molecular formula is C19H22Cl2N2O4. The number of ether oxygens (including phenoxy) is 1. The Kier molecular flexibility index (Phi) is 5.12. The summed E-state index contributed by atoms with van der Waals surface area (Å²) in [5.74, 6) is -0.507. The number of phenolic OH excluding ortho intramolecular Hbond substituents is 1. The third-order valence-electron chi connectivity index (χ3n) is 5.98. The summed E-state index contributed by atoms with van der Waals surface area (Å²) in [7, 11) is 0. The van der Waals surface area contributed by atoms with Crippen molar-refractivity contribution in [2.24, 2.45) is 5.92 Å². The van der Waals surface area contributed by atoms with Crippen LogP contribution in [0.4, 0.5) is 4.79 Å². The lowest BCUT2D eigenvalue weighted by Crippen LogP contribution is -2.60. The Morgan fingerprint density at radius 3 is 2.59 bits per heavy atom. The lowest BCUT2D eigenvalue weighted by atomic mass is 9.76. The number of hydrogen-bond acceptors (Lipinski definition) is 4. The monoisotopic (exact) mass is 412 g/mol. The standard InChI is InChI=1S/C19H22Cl2N2O4/c20-11-6-14(17(24)15(21)7-11)18(25)22-16-8-12-5-4-10(16)9-23(12)19(26)27-13-2-1-3-13/h6-7,10,12-13,16,24H,1-5,8-9H2,(H,22,25)/t10-,12-,16+/m1/s1. The first-order chi connectivity index (χ1) is 12.9. The van der Waals surface area contributed by atoms with Gasteiger partial charge in [-0.05, 0) is 56.6 Å². The number of carbonyl (C=O) groups excluding carboxylic acids is 2. The van der Waals surface area contributed by atoms with Crippen LogP contribution in [-0.2, 0) is 4.74 Å². The van der Waals surface area contributed by atoms with Gasteiger partial charge in [-0.3, -0.25) is 4.79 Å². The van der Waals surface area contributed by atoms with Crippen molar-refractivity contribution in [1.29, 1.82) is 0 Å². The number of phenols is 1. The number of rotatable bonds is 3. The summed E-state index contributed by atoms with van der Waals surface area (Å²) in [6.45, 7) is 0.587. The van der Waals surface area contributed by atoms with Crippen LogP contribution in [0.3, 0.4) is 0 Å². The van der Waals surface area contributed by atoms with E-state index in [0.717, 1.165) is 32.1 Å². The molecule has 2 amide bonds. The molecule has 2 aliphatic carbocycles. The van der Waals surface area contributed by atoms with E-state index in [9.17, 15) is 14.7 Å². The van der Waals surface area contributed by atoms with E-state index in [2.05, 4.69) is 5.32 Å². The zero-order chi connectivity index (χ0) is 19.1. The van der Waals surface area contributed by atoms with E-state index in [1.54, 1.807) is 0 Å². The molecule has 0 aromatic heterocycles. The molecule has 6 nitrogen and oxygen atoms in total. The number of benzene rings is 1. The second-order valence-corrected chi connectivity index (χ2v) is 8.52. The Morgan fingerprint density at radius 1 is 1.19 bits per heavy atom. The van der Waals surface area contributed by atoms with E-state index in [-0.39, 0.29) is 51.6 Å². The molecule has 2 saturated carbocycles. The fraction of sp³-hybridized carbons (Fsp3) is 0.579. The van der Waals surface area contributed by atoms with Crippen molar-refractivity contribution in [3.8, 4) is 5.75 Å². The third kappa shape index (κ3) is 3.69. The van der Waals surface area contributed by atoms with Crippen molar-refractivity contribution >= 4 is 35.2 Å². The van der Waals surface area contributed by atoms with Crippen molar-refractivity contribution in [3.05, 3.63) is 27.7 Å². The number of hydrogen-bond donors (Lipinski definition) is 2. The van der Waals surface area contributed by atoms with Crippen LogP contribution in [-0.4, -0.2) is 46.7 Å². The van der Waals surface area contributed by atoms with Gasteiger partial charge in [-0.2, -0.15) is 0 Å². The maximum Gasteiger partial charge on any atom is 0.410 e. The number of amides is 2. The molecule has 4 aliphatic rings. The second kappa shape index (κ2) is 7.40. The molecule has 8 heteroatoms. The van der Waals surface area contributed by atoms with E-state index in [1.807, 2.05) is 4.90 Å². The fourth-order valence-corrected chi connectivity index (χ4v) is 4.69. The minimum atomic E-state index is -0.405. The van der Waals surface area contributed by atoms with Crippen molar-refractivity contribution in [3.63, 3.8) is 0 Å². The van der Waals surface area contributed by atoms with Crippen LogP contribution in [0.15, 0.2) is 12.1 Å². The van der Waals surface area contributed by atoms with Crippen LogP contribution in [0.5, 0.6) is 5.75 Å². The number of piperidine rings is 2. The highest BCUT2D eigenvalue weighted by Gasteiger charge is 2.44. The zero-order valence-corrected chi connectivity index (χ0v) is 16.3. The SMILES string of the molecule is O=C(N[C@H]1C[C@H]2CC[C@@H]1CN2C(=O)OC1CCC1)c1cc(Cl)cc(Cl)c1O. The average molecular weight is 413 g/mol. The molecule has 2 heterocycles. The molecule has 2 saturated heterocycles. The molecule has 0 spiro atoms. The van der Waals surface area contributed by atoms with Gasteiger partial charge in [-0.25, -0.2) is 4.79 Å². The number of fused-ring (bicyclic) bond motifs is 3. The number of halogens is 2. The van der Waals surface area contributed by atoms with Crippen LogP contribution >= 0.6 is 23.2 Å². The normalized spacial score (nSPS) is 27.2. The van der Waals surface area contributed by atoms with Crippen molar-refractivity contribution in [2.75, 3.05) is 6.54 Å². The maximum absolute atomic E-state index is 12.6. The van der Waals surface area contributed by atoms with Gasteiger partial charge in [0.25, 0.3) is 5.91 Å². The number of carbonyl (C=O) groups is 2. The average Bonchev–Trinajstić information content (AvgIpc) is 2.61. The summed E-state index contributed by atoms with van der Waals surface area (Å²) < 4.78 is 5.54. The van der Waals surface area contributed by atoms with Crippen LogP contribution in [0.25, 0.3) is 0 Å². The summed E-state index contributed by atoms with van der Waals surface area (Å²) >= 11 is 11.9. The molecule has 0 unspecified atom stereocenters. The van der Waals surface area contributed by atoms with Gasteiger partial charge in [0.05, 0.1) is 10.6 Å². The highest BCUT2D eigenvalue weighted by Crippen LogP contribution is 2.37. The molecule has 2 N–H and O–H groups in total. The Balaban J connectivity index is 1.40. The largest absolute Gasteiger partial charge is 0.506 e. The van der Waals surface area contributed by atoms with Crippen molar-refractivity contribution < 1.29 is 19.4 Å². The molecule has 5 rings (SSSR count). The van der Waals surface area contributed by atoms with Gasteiger partial charge in [-0.15, -0.1) is 0 Å². The summed E-state index contributed by atoms with van der Waals surface area (Å²) in [6.07, 6.45) is 5.44. The third-order valence-corrected chi connectivity index (χ3v) is 6.49. The van der Waals surface area contributed by atoms with Crippen LogP contribution < -0.4 is 5.32 Å². The summed E-state index contributed by atoms with van der Waals surface area (Å²) in [5, 5.41) is 13.4. The van der Waals surface area contributed by atoms with Gasteiger partial charge in [-0.1, -0.05) is 23.2 Å².